The van der Waals surface area contributed by atoms with Crippen LogP contribution in [0, 0.1) is 0 Å². The molecule has 2 bridgehead atoms. The predicted molar refractivity (Wildman–Crippen MR) is 89.4 cm³/mol. The fourth-order valence-electron chi connectivity index (χ4n) is 3.14. The molecule has 0 spiro atoms. The molecule has 2 atom stereocenters. The van der Waals surface area contributed by atoms with Crippen LogP contribution in [0.15, 0.2) is 11.2 Å². The Morgan fingerprint density at radius 1 is 1.52 bits per heavy atom. The Morgan fingerprint density at radius 2 is 2.22 bits per heavy atom. The molecule has 0 aromatic carbocycles. The summed E-state index contributed by atoms with van der Waals surface area (Å²) in [5.74, 6) is -0.222. The number of nitrogens with one attached hydrogen (secondary N) is 1. The number of carbonyl (C=O) groups is 2. The number of fused-ring (bicyclic) bond motifs is 4. The van der Waals surface area contributed by atoms with E-state index < -0.39 is 34.5 Å². The van der Waals surface area contributed by atoms with Gasteiger partial charge in [-0.15, -0.1) is 4.28 Å². The maximum atomic E-state index is 12.6. The van der Waals surface area contributed by atoms with Crippen LogP contribution in [0.25, 0.3) is 0 Å². The highest BCUT2D eigenvalue weighted by Gasteiger charge is 2.52. The Labute approximate surface area is 153 Å². The highest BCUT2D eigenvalue weighted by Crippen LogP contribution is 2.44. The molecule has 3 rings (SSSR count). The molecule has 0 saturated carbocycles. The molecule has 3 heterocycles. The van der Waals surface area contributed by atoms with E-state index in [1.807, 2.05) is 0 Å². The van der Waals surface area contributed by atoms with Gasteiger partial charge in [0.1, 0.15) is 6.04 Å². The van der Waals surface area contributed by atoms with E-state index in [2.05, 4.69) is 19.7 Å². The summed E-state index contributed by atoms with van der Waals surface area (Å²) >= 11 is 0. The monoisotopic (exact) mass is 402 g/mol. The minimum Gasteiger partial charge on any atom is -0.370 e. The van der Waals surface area contributed by atoms with Gasteiger partial charge in [-0.25, -0.2) is 9.59 Å². The molecule has 0 unspecified atom stereocenters. The normalized spacial score (nSPS) is 21.2. The van der Waals surface area contributed by atoms with Crippen LogP contribution in [0.4, 0.5) is 9.59 Å². The number of amides is 3. The topological polar surface area (TPSA) is 198 Å². The molecule has 1 aromatic heterocycles. The van der Waals surface area contributed by atoms with Crippen LogP contribution in [-0.2, 0) is 14.7 Å². The summed E-state index contributed by atoms with van der Waals surface area (Å²) in [6, 6.07) is -3.06. The Bertz CT molecular complexity index is 907. The molecule has 1 aromatic rings. The molecule has 2 aliphatic rings. The first-order chi connectivity index (χ1) is 12.6. The van der Waals surface area contributed by atoms with E-state index in [-0.39, 0.29) is 19.0 Å². The van der Waals surface area contributed by atoms with Crippen molar-refractivity contribution in [2.45, 2.75) is 19.0 Å². The van der Waals surface area contributed by atoms with Crippen molar-refractivity contribution in [3.05, 3.63) is 17.5 Å². The Balaban J connectivity index is 2.08. The molecule has 3 amide bonds. The van der Waals surface area contributed by atoms with E-state index in [9.17, 15) is 18.0 Å². The molecule has 6 N–H and O–H groups in total. The lowest BCUT2D eigenvalue weighted by Crippen LogP contribution is -2.40. The number of carbonyl (C=O) groups excluding carboxylic acids is 2. The molecule has 27 heavy (non-hydrogen) atoms. The lowest BCUT2D eigenvalue weighted by atomic mass is 9.98. The standard InChI is InChI=1S/C12H18N8O6S/c1-2-15-11(21)19-9-6(3-17-19)8-5-18(7(9)4-16-10(13)14)12(22)20(8)26-27(23,24)25/h3,7-8H,2,4-5H2,1H3,(H,15,21)(H4,13,14,16)(H,23,24,25)/t7-,8-/m1/s1. The molecule has 2 aliphatic heterocycles. The number of guanidine groups is 1. The highest BCUT2D eigenvalue weighted by atomic mass is 32.3. The second kappa shape index (κ2) is 6.67. The van der Waals surface area contributed by atoms with Gasteiger partial charge in [0, 0.05) is 12.1 Å². The number of aromatic nitrogens is 2. The number of hydroxylamine groups is 2. The number of nitrogens with two attached hydrogens (primary N) is 2. The SMILES string of the molecule is CCNC(=O)n1ncc2c1[C@@H](CN=C(N)N)N1C[C@H]2N(OS(=O)(=O)O)C1=O. The van der Waals surface area contributed by atoms with Crippen molar-refractivity contribution in [1.29, 1.82) is 0 Å². The third-order valence-corrected chi connectivity index (χ3v) is 4.46. The van der Waals surface area contributed by atoms with E-state index in [1.54, 1.807) is 6.92 Å². The highest BCUT2D eigenvalue weighted by molar-refractivity contribution is 7.80. The quantitative estimate of drug-likeness (QED) is 0.252. The van der Waals surface area contributed by atoms with Crippen molar-refractivity contribution in [1.82, 2.24) is 25.1 Å². The zero-order chi connectivity index (χ0) is 19.9. The summed E-state index contributed by atoms with van der Waals surface area (Å²) in [6.45, 7) is 2.02. The Morgan fingerprint density at radius 3 is 2.81 bits per heavy atom. The van der Waals surface area contributed by atoms with Gasteiger partial charge in [-0.05, 0) is 6.92 Å². The van der Waals surface area contributed by atoms with Crippen molar-refractivity contribution < 1.29 is 26.8 Å². The van der Waals surface area contributed by atoms with Crippen molar-refractivity contribution in [2.75, 3.05) is 19.6 Å². The largest absolute Gasteiger partial charge is 0.418 e. The van der Waals surface area contributed by atoms with Gasteiger partial charge in [0.2, 0.25) is 0 Å². The molecule has 1 fully saturated rings. The number of hydrogen-bond donors (Lipinski definition) is 4. The maximum Gasteiger partial charge on any atom is 0.418 e. The average Bonchev–Trinajstić information content (AvgIpc) is 3.10. The molecular formula is C12H18N8O6S. The number of hydrogen-bond acceptors (Lipinski definition) is 7. The van der Waals surface area contributed by atoms with Crippen molar-refractivity contribution in [2.24, 2.45) is 16.5 Å². The Hall–Kier alpha value is -2.91. The van der Waals surface area contributed by atoms with Gasteiger partial charge in [0.05, 0.1) is 31.0 Å². The van der Waals surface area contributed by atoms with Gasteiger partial charge in [0.15, 0.2) is 5.96 Å². The zero-order valence-electron chi connectivity index (χ0n) is 14.1. The molecule has 0 radical (unpaired) electrons. The Kier molecular flexibility index (Phi) is 4.66. The van der Waals surface area contributed by atoms with Gasteiger partial charge in [-0.3, -0.25) is 9.55 Å². The first-order valence-corrected chi connectivity index (χ1v) is 9.18. The van der Waals surface area contributed by atoms with Crippen molar-refractivity contribution in [3.8, 4) is 0 Å². The van der Waals surface area contributed by atoms with Gasteiger partial charge >= 0.3 is 22.5 Å². The third-order valence-electron chi connectivity index (χ3n) is 4.12. The lowest BCUT2D eigenvalue weighted by molar-refractivity contribution is -0.0317. The average molecular weight is 402 g/mol. The summed E-state index contributed by atoms with van der Waals surface area (Å²) in [7, 11) is -4.94. The summed E-state index contributed by atoms with van der Waals surface area (Å²) in [6.07, 6.45) is 1.33. The van der Waals surface area contributed by atoms with Crippen LogP contribution in [-0.4, -0.2) is 70.4 Å². The number of urea groups is 1. The van der Waals surface area contributed by atoms with Gasteiger partial charge < -0.3 is 21.7 Å². The number of nitrogens with zero attached hydrogens (tertiary/aromatic N) is 5. The minimum atomic E-state index is -4.94. The third kappa shape index (κ3) is 3.38. The first-order valence-electron chi connectivity index (χ1n) is 7.82. The van der Waals surface area contributed by atoms with Crippen LogP contribution in [0.2, 0.25) is 0 Å². The summed E-state index contributed by atoms with van der Waals surface area (Å²) < 4.78 is 36.7. The van der Waals surface area contributed by atoms with Crippen LogP contribution in [0.1, 0.15) is 30.3 Å². The summed E-state index contributed by atoms with van der Waals surface area (Å²) in [5.41, 5.74) is 11.4. The minimum absolute atomic E-state index is 0.0348. The van der Waals surface area contributed by atoms with Gasteiger partial charge in [-0.2, -0.15) is 23.3 Å². The molecule has 1 saturated heterocycles. The maximum absolute atomic E-state index is 12.6. The molecule has 14 nitrogen and oxygen atoms in total. The molecular weight excluding hydrogens is 384 g/mol. The van der Waals surface area contributed by atoms with Crippen molar-refractivity contribution in [3.63, 3.8) is 0 Å². The van der Waals surface area contributed by atoms with Gasteiger partial charge in [-0.1, -0.05) is 0 Å². The van der Waals surface area contributed by atoms with Gasteiger partial charge in [0.25, 0.3) is 0 Å². The van der Waals surface area contributed by atoms with Crippen molar-refractivity contribution >= 4 is 28.4 Å². The first kappa shape index (κ1) is 18.9. The summed E-state index contributed by atoms with van der Waals surface area (Å²) in [5, 5.41) is 7.14. The number of rotatable bonds is 5. The second-order valence-electron chi connectivity index (χ2n) is 5.79. The lowest BCUT2D eigenvalue weighted by Gasteiger charge is -2.30. The molecule has 15 heteroatoms. The van der Waals surface area contributed by atoms with E-state index in [0.29, 0.717) is 22.9 Å². The molecule has 148 valence electrons. The van der Waals surface area contributed by atoms with E-state index in [4.69, 9.17) is 16.0 Å². The van der Waals surface area contributed by atoms with Crippen LogP contribution < -0.4 is 16.8 Å². The van der Waals surface area contributed by atoms with E-state index in [1.165, 1.54) is 11.1 Å². The predicted octanol–water partition coefficient (Wildman–Crippen LogP) is -1.70. The fourth-order valence-corrected chi connectivity index (χ4v) is 3.51. The van der Waals surface area contributed by atoms with E-state index >= 15 is 0 Å². The number of aliphatic imine (C=N–C) groups is 1. The fraction of sp³-hybridized carbons (Fsp3) is 0.500. The van der Waals surface area contributed by atoms with E-state index in [0.717, 1.165) is 4.68 Å². The smallest absolute Gasteiger partial charge is 0.370 e. The van der Waals surface area contributed by atoms with Crippen LogP contribution in [0.5, 0.6) is 0 Å². The van der Waals surface area contributed by atoms with Crippen LogP contribution >= 0.6 is 0 Å². The van der Waals surface area contributed by atoms with Crippen LogP contribution in [0.3, 0.4) is 0 Å². The molecule has 0 aliphatic carbocycles. The zero-order valence-corrected chi connectivity index (χ0v) is 15.0. The summed E-state index contributed by atoms with van der Waals surface area (Å²) in [4.78, 5) is 30.1. The second-order valence-corrected chi connectivity index (χ2v) is 6.80.